The molecule has 1 aliphatic heterocycles. The van der Waals surface area contributed by atoms with E-state index < -0.39 is 153 Å². The van der Waals surface area contributed by atoms with Crippen LogP contribution in [-0.4, -0.2) is 187 Å². The molecule has 11 atom stereocenters. The number of fused-ring (bicyclic) bond motifs is 1. The number of carbonyl (C=O) groups is 13. The Bertz CT molecular complexity index is 4290. The Labute approximate surface area is 652 Å². The molecule has 1 unspecified atom stereocenters. The first-order valence-corrected chi connectivity index (χ1v) is 38.4. The summed E-state index contributed by atoms with van der Waals surface area (Å²) in [4.78, 5) is 187. The fourth-order valence-corrected chi connectivity index (χ4v) is 13.6. The van der Waals surface area contributed by atoms with E-state index in [0.29, 0.717) is 70.0 Å². The summed E-state index contributed by atoms with van der Waals surface area (Å²) >= 11 is 6.26. The topological polar surface area (TPSA) is 446 Å². The highest BCUT2D eigenvalue weighted by atomic mass is 35.5. The van der Waals surface area contributed by atoms with Gasteiger partial charge in [0.1, 0.15) is 54.4 Å². The molecule has 111 heavy (non-hydrogen) atoms. The van der Waals surface area contributed by atoms with Crippen molar-refractivity contribution in [2.75, 3.05) is 30.3 Å². The van der Waals surface area contributed by atoms with E-state index in [2.05, 4.69) is 68.8 Å². The zero-order valence-electron chi connectivity index (χ0n) is 63.3. The van der Waals surface area contributed by atoms with Crippen molar-refractivity contribution in [3.63, 3.8) is 0 Å². The quantitative estimate of drug-likeness (QED) is 0.0246. The molecular formula is C79H100ClN15O15S. The number of hydrogen-bond acceptors (Lipinski definition) is 17. The van der Waals surface area contributed by atoms with Crippen LogP contribution in [0.1, 0.15) is 115 Å². The van der Waals surface area contributed by atoms with Crippen LogP contribution in [0.4, 0.5) is 11.4 Å². The number of primary amides is 1. The maximum Gasteiger partial charge on any atom is 0.256 e. The number of amides is 13. The number of aromatic nitrogens is 1. The van der Waals surface area contributed by atoms with E-state index in [1.54, 1.807) is 48.5 Å². The van der Waals surface area contributed by atoms with Crippen molar-refractivity contribution in [2.45, 2.75) is 191 Å². The highest BCUT2D eigenvalue weighted by Gasteiger charge is 2.41. The lowest BCUT2D eigenvalue weighted by molar-refractivity contribution is -0.142. The summed E-state index contributed by atoms with van der Waals surface area (Å²) in [5.41, 5.74) is 8.56. The van der Waals surface area contributed by atoms with E-state index in [9.17, 15) is 62.1 Å². The number of aliphatic hydroxyl groups is 1. The van der Waals surface area contributed by atoms with Crippen molar-refractivity contribution in [3.05, 3.63) is 173 Å². The molecule has 0 spiro atoms. The van der Waals surface area contributed by atoms with Crippen LogP contribution in [0.5, 0.6) is 0 Å². The Hall–Kier alpha value is -11.0. The molecule has 2 heterocycles. The molecule has 594 valence electrons. The van der Waals surface area contributed by atoms with Crippen molar-refractivity contribution in [1.29, 1.82) is 0 Å². The largest absolute Gasteiger partial charge is 0.394 e. The van der Waals surface area contributed by atoms with Gasteiger partial charge < -0.3 is 79.5 Å². The van der Waals surface area contributed by atoms with Gasteiger partial charge in [0, 0.05) is 99.5 Å². The van der Waals surface area contributed by atoms with Gasteiger partial charge in [-0.1, -0.05) is 124 Å². The minimum atomic E-state index is -2.26. The fourth-order valence-electron chi connectivity index (χ4n) is 12.4. The molecular weight excluding hydrogens is 1470 g/mol. The van der Waals surface area contributed by atoms with Gasteiger partial charge in [-0.05, 0) is 127 Å². The lowest BCUT2D eigenvalue weighted by atomic mass is 9.99. The second kappa shape index (κ2) is 42.8. The Balaban J connectivity index is 1.19. The highest BCUT2D eigenvalue weighted by molar-refractivity contribution is 7.87. The van der Waals surface area contributed by atoms with Crippen molar-refractivity contribution < 1.29 is 71.6 Å². The Morgan fingerprint density at radius 3 is 1.45 bits per heavy atom. The summed E-state index contributed by atoms with van der Waals surface area (Å²) in [7, 11) is -2.26. The number of nitrogens with zero attached hydrogens (tertiary/aromatic N) is 2. The van der Waals surface area contributed by atoms with E-state index in [4.69, 9.17) is 17.3 Å². The number of anilines is 2. The second-order valence-corrected chi connectivity index (χ2v) is 30.4. The SMILES string of the molecule is CC(=O)Nc1ccc(C[C@H](NC(=O)[C@H](CO)NC(=O)[C@@H](Cc2cccnc2)NC(=O)[C@@H](Cc2ccc(Cl)cc2)NC(=O)[C@@H](Cc2ccc3ccccc3c2)NC(C)=O)C(=O)N[C@H](Cc2ccc(NC(C)=O)cc2)C(=O)N[C@H](C(=O)N[C@@H](CCCCNC(C)C)C(=O)N2CCC[C@H]2C(=O)N[C@H](C)C(N)=O)S(=O)C(C)C)cc1. The molecule has 0 aliphatic carbocycles. The summed E-state index contributed by atoms with van der Waals surface area (Å²) in [6.07, 6.45) is 3.33. The summed E-state index contributed by atoms with van der Waals surface area (Å²) in [6.45, 7) is 11.8. The van der Waals surface area contributed by atoms with Crippen LogP contribution < -0.4 is 69.5 Å². The Kier molecular flexibility index (Phi) is 33.6. The molecule has 5 aromatic carbocycles. The normalized spacial score (nSPS) is 15.3. The monoisotopic (exact) mass is 1570 g/mol. The van der Waals surface area contributed by atoms with Gasteiger partial charge >= 0.3 is 0 Å². The minimum Gasteiger partial charge on any atom is -0.394 e. The van der Waals surface area contributed by atoms with Gasteiger partial charge in [0.05, 0.1) is 17.4 Å². The number of unbranched alkanes of at least 4 members (excludes halogenated alkanes) is 1. The lowest BCUT2D eigenvalue weighted by Gasteiger charge is -2.31. The van der Waals surface area contributed by atoms with E-state index in [-0.39, 0.29) is 63.4 Å². The average Bonchev–Trinajstić information content (AvgIpc) is 1.79. The minimum absolute atomic E-state index is 0.0169. The first-order chi connectivity index (χ1) is 52.8. The number of aliphatic hydroxyl groups excluding tert-OH is 1. The number of rotatable bonds is 40. The molecule has 32 heteroatoms. The predicted octanol–water partition coefficient (Wildman–Crippen LogP) is 2.47. The van der Waals surface area contributed by atoms with Gasteiger partial charge in [0.2, 0.25) is 70.9 Å². The highest BCUT2D eigenvalue weighted by Crippen LogP contribution is 2.23. The van der Waals surface area contributed by atoms with Crippen LogP contribution in [0.15, 0.2) is 140 Å². The predicted molar refractivity (Wildman–Crippen MR) is 420 cm³/mol. The third kappa shape index (κ3) is 27.8. The molecule has 0 radical (unpaired) electrons. The molecule has 1 aliphatic rings. The van der Waals surface area contributed by atoms with Crippen LogP contribution in [0, 0.1) is 0 Å². The summed E-state index contributed by atoms with van der Waals surface area (Å²) in [5, 5.41) is 43.0. The van der Waals surface area contributed by atoms with Gasteiger partial charge in [0.25, 0.3) is 5.91 Å². The van der Waals surface area contributed by atoms with Gasteiger partial charge in [-0.3, -0.25) is 71.5 Å². The molecule has 13 amide bonds. The Morgan fingerprint density at radius 1 is 0.514 bits per heavy atom. The van der Waals surface area contributed by atoms with E-state index in [1.807, 2.05) is 56.3 Å². The van der Waals surface area contributed by atoms with Crippen LogP contribution >= 0.6 is 11.6 Å². The molecule has 1 saturated heterocycles. The molecule has 1 aromatic heterocycles. The zero-order chi connectivity index (χ0) is 81.0. The number of benzene rings is 5. The first kappa shape index (κ1) is 87.2. The van der Waals surface area contributed by atoms with Crippen molar-refractivity contribution in [1.82, 2.24) is 63.1 Å². The summed E-state index contributed by atoms with van der Waals surface area (Å²) in [5.74, 6) is -10.4. The molecule has 0 saturated carbocycles. The number of hydrogen-bond donors (Lipinski definition) is 14. The summed E-state index contributed by atoms with van der Waals surface area (Å²) in [6, 6.07) is 22.3. The lowest BCUT2D eigenvalue weighted by Crippen LogP contribution is -2.62. The number of carbonyl (C=O) groups excluding carboxylic acids is 13. The van der Waals surface area contributed by atoms with Gasteiger partial charge in [-0.2, -0.15) is 0 Å². The maximum absolute atomic E-state index is 15.3. The van der Waals surface area contributed by atoms with Crippen LogP contribution in [0.2, 0.25) is 5.02 Å². The number of nitrogens with two attached hydrogens (primary N) is 1. The Morgan fingerprint density at radius 2 is 0.973 bits per heavy atom. The standard InChI is InChI=1S/C79H100ClN15O15S/c1-45(2)83-35-12-11-18-61(79(109)95-36-14-19-68(95)76(107)84-47(5)69(81)100)88-77(108)78(111(110)46(3)4)94-74(105)65(40-53-25-32-60(33-26-53)86-49(7)98)90-72(103)64(39-52-23-30-59(31-24-52)85-48(6)97)92-75(106)67(44-96)93-73(104)66(42-55-15-13-34-82-43-55)91-71(102)63(38-51-21-28-58(80)29-22-51)89-70(101)62(87-50(8)99)41-54-20-27-56-16-9-10-17-57(56)37-54/h9-10,13,15-17,20-34,37,43,45-47,61-68,78,83,96H,11-12,14,18-19,35-36,38-42,44H2,1-8H3,(H2,81,100)(H,84,107)(H,85,97)(H,86,98)(H,87,99)(H,88,108)(H,89,101)(H,90,103)(H,91,102)(H,92,106)(H,93,104)(H,94,105)/t47-,61+,62-,63-,64+,65-,66-,67+,68+,78+,111?/m1/s1. The maximum atomic E-state index is 15.3. The number of halogens is 1. The molecule has 30 nitrogen and oxygen atoms in total. The van der Waals surface area contributed by atoms with Crippen LogP contribution in [0.25, 0.3) is 10.8 Å². The van der Waals surface area contributed by atoms with Crippen LogP contribution in [0.3, 0.4) is 0 Å². The molecule has 0 bridgehead atoms. The fraction of sp³-hybridized carbons (Fsp3) is 0.418. The van der Waals surface area contributed by atoms with Crippen LogP contribution in [-0.2, 0) is 105 Å². The van der Waals surface area contributed by atoms with E-state index in [0.717, 1.165) is 10.8 Å². The number of pyridine rings is 1. The first-order valence-electron chi connectivity index (χ1n) is 36.7. The third-order valence-electron chi connectivity index (χ3n) is 18.2. The summed E-state index contributed by atoms with van der Waals surface area (Å²) < 4.78 is 14.5. The molecule has 15 N–H and O–H groups in total. The van der Waals surface area contributed by atoms with Crippen molar-refractivity contribution >= 4 is 121 Å². The van der Waals surface area contributed by atoms with E-state index >= 15 is 9.59 Å². The second-order valence-electron chi connectivity index (χ2n) is 27.9. The van der Waals surface area contributed by atoms with Crippen molar-refractivity contribution in [2.24, 2.45) is 5.73 Å². The smallest absolute Gasteiger partial charge is 0.256 e. The average molecular weight is 1570 g/mol. The third-order valence-corrected chi connectivity index (χ3v) is 20.1. The van der Waals surface area contributed by atoms with Gasteiger partial charge in [-0.15, -0.1) is 0 Å². The number of nitrogens with one attached hydrogen (secondary N) is 12. The number of likely N-dealkylation sites (tertiary alicyclic amines) is 1. The van der Waals surface area contributed by atoms with Crippen molar-refractivity contribution in [3.8, 4) is 0 Å². The molecule has 6 aromatic rings. The zero-order valence-corrected chi connectivity index (χ0v) is 64.9. The van der Waals surface area contributed by atoms with E-state index in [1.165, 1.54) is 95.2 Å². The van der Waals surface area contributed by atoms with Gasteiger partial charge in [-0.25, -0.2) is 0 Å². The molecule has 1 fully saturated rings. The molecule has 7 rings (SSSR count). The van der Waals surface area contributed by atoms with Gasteiger partial charge in [0.15, 0.2) is 5.37 Å².